The lowest BCUT2D eigenvalue weighted by atomic mass is 10.2. The predicted octanol–water partition coefficient (Wildman–Crippen LogP) is 4.15. The van der Waals surface area contributed by atoms with E-state index in [9.17, 15) is 0 Å². The number of hydrogen-bond acceptors (Lipinski definition) is 3. The minimum absolute atomic E-state index is 0.664. The van der Waals surface area contributed by atoms with Crippen LogP contribution >= 0.6 is 0 Å². The molecule has 1 N–H and O–H groups in total. The summed E-state index contributed by atoms with van der Waals surface area (Å²) in [4.78, 5) is 0. The predicted molar refractivity (Wildman–Crippen MR) is 84.6 cm³/mol. The quantitative estimate of drug-likeness (QED) is 0.617. The van der Waals surface area contributed by atoms with Crippen molar-refractivity contribution >= 4 is 0 Å². The van der Waals surface area contributed by atoms with E-state index < -0.39 is 0 Å². The lowest BCUT2D eigenvalue weighted by Crippen LogP contribution is -2.12. The summed E-state index contributed by atoms with van der Waals surface area (Å²) in [5.41, 5.74) is 1.23. The minimum atomic E-state index is 0.664. The first-order valence-electron chi connectivity index (χ1n) is 7.91. The molecule has 0 heterocycles. The maximum absolute atomic E-state index is 5.85. The molecule has 0 aliphatic carbocycles. The smallest absolute Gasteiger partial charge is 0.161 e. The van der Waals surface area contributed by atoms with Crippen LogP contribution in [0.15, 0.2) is 18.2 Å². The Kier molecular flexibility index (Phi) is 8.88. The molecule has 1 aromatic carbocycles. The molecule has 20 heavy (non-hydrogen) atoms. The van der Waals surface area contributed by atoms with Crippen molar-refractivity contribution in [2.45, 2.75) is 53.0 Å². The van der Waals surface area contributed by atoms with Crippen molar-refractivity contribution in [2.24, 2.45) is 0 Å². The zero-order valence-corrected chi connectivity index (χ0v) is 13.2. The summed E-state index contributed by atoms with van der Waals surface area (Å²) in [6.45, 7) is 9.60. The van der Waals surface area contributed by atoms with Gasteiger partial charge in [-0.15, -0.1) is 0 Å². The van der Waals surface area contributed by atoms with Gasteiger partial charge in [0.15, 0.2) is 11.5 Å². The number of hydrogen-bond donors (Lipinski definition) is 1. The third-order valence-corrected chi connectivity index (χ3v) is 3.14. The summed E-state index contributed by atoms with van der Waals surface area (Å²) in [5, 5.41) is 3.32. The molecular formula is C17H29NO2. The topological polar surface area (TPSA) is 30.5 Å². The van der Waals surface area contributed by atoms with E-state index in [1.807, 2.05) is 13.0 Å². The molecule has 0 saturated heterocycles. The first kappa shape index (κ1) is 16.8. The molecule has 1 rings (SSSR count). The molecule has 0 atom stereocenters. The number of benzene rings is 1. The summed E-state index contributed by atoms with van der Waals surface area (Å²) >= 11 is 0. The second-order valence-corrected chi connectivity index (χ2v) is 4.90. The molecular weight excluding hydrogens is 250 g/mol. The van der Waals surface area contributed by atoms with Crippen molar-refractivity contribution < 1.29 is 9.47 Å². The summed E-state index contributed by atoms with van der Waals surface area (Å²) in [6, 6.07) is 6.21. The van der Waals surface area contributed by atoms with Crippen molar-refractivity contribution in [1.82, 2.24) is 5.32 Å². The van der Waals surface area contributed by atoms with Crippen molar-refractivity contribution in [3.63, 3.8) is 0 Å². The van der Waals surface area contributed by atoms with Crippen LogP contribution < -0.4 is 14.8 Å². The van der Waals surface area contributed by atoms with Gasteiger partial charge in [-0.3, -0.25) is 0 Å². The van der Waals surface area contributed by atoms with Gasteiger partial charge in [0.2, 0.25) is 0 Å². The van der Waals surface area contributed by atoms with Gasteiger partial charge in [-0.25, -0.2) is 0 Å². The fraction of sp³-hybridized carbons (Fsp3) is 0.647. The van der Waals surface area contributed by atoms with E-state index >= 15 is 0 Å². The fourth-order valence-electron chi connectivity index (χ4n) is 2.03. The molecule has 3 heteroatoms. The third kappa shape index (κ3) is 6.29. The van der Waals surface area contributed by atoms with E-state index in [1.165, 1.54) is 24.8 Å². The number of ether oxygens (including phenoxy) is 2. The van der Waals surface area contributed by atoms with Crippen molar-refractivity contribution in [2.75, 3.05) is 19.8 Å². The number of unbranched alkanes of at least 4 members (excludes halogenated alkanes) is 3. The standard InChI is InChI=1S/C17H29NO2/c1-4-7-8-9-12-20-16-11-10-15(14-18-5-2)13-17(16)19-6-3/h10-11,13,18H,4-9,12,14H2,1-3H3. The zero-order valence-electron chi connectivity index (χ0n) is 13.2. The molecule has 0 aromatic heterocycles. The van der Waals surface area contributed by atoms with Crippen molar-refractivity contribution in [3.8, 4) is 11.5 Å². The molecule has 0 saturated carbocycles. The lowest BCUT2D eigenvalue weighted by Gasteiger charge is -2.13. The van der Waals surface area contributed by atoms with Gasteiger partial charge in [0, 0.05) is 6.54 Å². The Hall–Kier alpha value is -1.22. The van der Waals surface area contributed by atoms with E-state index in [-0.39, 0.29) is 0 Å². The Morgan fingerprint density at radius 1 is 0.950 bits per heavy atom. The van der Waals surface area contributed by atoms with Gasteiger partial charge in [0.25, 0.3) is 0 Å². The highest BCUT2D eigenvalue weighted by Crippen LogP contribution is 2.28. The molecule has 3 nitrogen and oxygen atoms in total. The van der Waals surface area contributed by atoms with Gasteiger partial charge in [0.05, 0.1) is 13.2 Å². The average Bonchev–Trinajstić information content (AvgIpc) is 2.47. The van der Waals surface area contributed by atoms with Crippen LogP contribution in [0.3, 0.4) is 0 Å². The normalized spacial score (nSPS) is 10.6. The zero-order chi connectivity index (χ0) is 14.6. The molecule has 0 fully saturated rings. The highest BCUT2D eigenvalue weighted by atomic mass is 16.5. The highest BCUT2D eigenvalue weighted by molar-refractivity contribution is 5.43. The van der Waals surface area contributed by atoms with Crippen LogP contribution in [0.4, 0.5) is 0 Å². The molecule has 0 spiro atoms. The SMILES string of the molecule is CCCCCCOc1ccc(CNCC)cc1OCC. The number of nitrogens with one attached hydrogen (secondary N) is 1. The minimum Gasteiger partial charge on any atom is -0.490 e. The van der Waals surface area contributed by atoms with Crippen LogP contribution in [0, 0.1) is 0 Å². The van der Waals surface area contributed by atoms with E-state index in [1.54, 1.807) is 0 Å². The maximum atomic E-state index is 5.85. The Morgan fingerprint density at radius 3 is 2.50 bits per heavy atom. The molecule has 1 aromatic rings. The molecule has 0 radical (unpaired) electrons. The highest BCUT2D eigenvalue weighted by Gasteiger charge is 2.06. The van der Waals surface area contributed by atoms with Crippen molar-refractivity contribution in [3.05, 3.63) is 23.8 Å². The summed E-state index contributed by atoms with van der Waals surface area (Å²) < 4.78 is 11.5. The average molecular weight is 279 g/mol. The Balaban J connectivity index is 2.54. The largest absolute Gasteiger partial charge is 0.490 e. The van der Waals surface area contributed by atoms with E-state index in [0.717, 1.165) is 37.6 Å². The Labute approximate surface area is 123 Å². The number of rotatable bonds is 11. The molecule has 0 unspecified atom stereocenters. The summed E-state index contributed by atoms with van der Waals surface area (Å²) in [5.74, 6) is 1.72. The second-order valence-electron chi connectivity index (χ2n) is 4.90. The van der Waals surface area contributed by atoms with Gasteiger partial charge >= 0.3 is 0 Å². The molecule has 0 aliphatic heterocycles. The molecule has 0 bridgehead atoms. The third-order valence-electron chi connectivity index (χ3n) is 3.14. The first-order chi connectivity index (χ1) is 9.81. The molecule has 0 aliphatic rings. The summed E-state index contributed by atoms with van der Waals surface area (Å²) in [7, 11) is 0. The van der Waals surface area contributed by atoms with Crippen LogP contribution in [0.5, 0.6) is 11.5 Å². The van der Waals surface area contributed by atoms with Crippen LogP contribution in [0.1, 0.15) is 52.0 Å². The molecule has 114 valence electrons. The van der Waals surface area contributed by atoms with Gasteiger partial charge in [-0.2, -0.15) is 0 Å². The summed E-state index contributed by atoms with van der Waals surface area (Å²) in [6.07, 6.45) is 4.88. The first-order valence-corrected chi connectivity index (χ1v) is 7.91. The van der Waals surface area contributed by atoms with E-state index in [4.69, 9.17) is 9.47 Å². The van der Waals surface area contributed by atoms with Crippen LogP contribution in [-0.2, 0) is 6.54 Å². The van der Waals surface area contributed by atoms with Gasteiger partial charge in [-0.1, -0.05) is 39.2 Å². The van der Waals surface area contributed by atoms with Gasteiger partial charge in [-0.05, 0) is 37.6 Å². The second kappa shape index (κ2) is 10.6. The lowest BCUT2D eigenvalue weighted by molar-refractivity contribution is 0.270. The van der Waals surface area contributed by atoms with Gasteiger partial charge in [0.1, 0.15) is 0 Å². The van der Waals surface area contributed by atoms with Crippen LogP contribution in [0.2, 0.25) is 0 Å². The van der Waals surface area contributed by atoms with E-state index in [2.05, 4.69) is 31.3 Å². The molecule has 0 amide bonds. The Bertz CT molecular complexity index is 366. The Morgan fingerprint density at radius 2 is 1.80 bits per heavy atom. The fourth-order valence-corrected chi connectivity index (χ4v) is 2.03. The van der Waals surface area contributed by atoms with Crippen LogP contribution in [0.25, 0.3) is 0 Å². The van der Waals surface area contributed by atoms with E-state index in [0.29, 0.717) is 6.61 Å². The van der Waals surface area contributed by atoms with Crippen molar-refractivity contribution in [1.29, 1.82) is 0 Å². The maximum Gasteiger partial charge on any atom is 0.161 e. The van der Waals surface area contributed by atoms with Crippen LogP contribution in [-0.4, -0.2) is 19.8 Å². The van der Waals surface area contributed by atoms with Gasteiger partial charge < -0.3 is 14.8 Å². The monoisotopic (exact) mass is 279 g/mol.